The van der Waals surface area contributed by atoms with Crippen molar-refractivity contribution in [2.75, 3.05) is 26.2 Å². The number of hydrogen-bond donors (Lipinski definition) is 1. The van der Waals surface area contributed by atoms with E-state index in [-0.39, 0.29) is 31.6 Å². The summed E-state index contributed by atoms with van der Waals surface area (Å²) in [5.41, 5.74) is -2.82. The number of piperidine rings is 2. The standard InChI is InChI=1S/C18H26F3N5O2/c1-15(2,3)28-14(27)25-6-4-12(5-7-25)26-8-13(23-24-26)16-9-17(16,11-22-10-16)18(19,20)21/h8,12,22H,4-7,9-11H2,1-3H3/t16-,17-/m0/s1. The molecule has 1 aromatic heterocycles. The van der Waals surface area contributed by atoms with Gasteiger partial charge in [-0.2, -0.15) is 13.2 Å². The number of likely N-dealkylation sites (tertiary alicyclic amines) is 1. The minimum absolute atomic E-state index is 0.0183. The average Bonchev–Trinajstić information content (AvgIpc) is 2.95. The summed E-state index contributed by atoms with van der Waals surface area (Å²) in [6, 6.07) is 0.0183. The molecule has 0 radical (unpaired) electrons. The van der Waals surface area contributed by atoms with Crippen LogP contribution >= 0.6 is 0 Å². The van der Waals surface area contributed by atoms with Crippen molar-refractivity contribution in [3.8, 4) is 0 Å². The fourth-order valence-electron chi connectivity index (χ4n) is 4.64. The number of carbonyl (C=O) groups excluding carboxylic acids is 1. The third kappa shape index (κ3) is 2.96. The Hall–Kier alpha value is -1.84. The third-order valence-electron chi connectivity index (χ3n) is 6.28. The molecule has 7 nitrogen and oxygen atoms in total. The topological polar surface area (TPSA) is 72.3 Å². The van der Waals surface area contributed by atoms with Crippen LogP contribution in [0.2, 0.25) is 0 Å². The first kappa shape index (κ1) is 19.5. The smallest absolute Gasteiger partial charge is 0.410 e. The van der Waals surface area contributed by atoms with E-state index in [9.17, 15) is 18.0 Å². The Bertz CT molecular complexity index is 766. The monoisotopic (exact) mass is 401 g/mol. The van der Waals surface area contributed by atoms with Crippen molar-refractivity contribution in [1.82, 2.24) is 25.2 Å². The van der Waals surface area contributed by atoms with E-state index in [1.54, 1.807) is 15.8 Å². The summed E-state index contributed by atoms with van der Waals surface area (Å²) in [4.78, 5) is 13.8. The highest BCUT2D eigenvalue weighted by molar-refractivity contribution is 5.68. The zero-order valence-electron chi connectivity index (χ0n) is 16.3. The minimum Gasteiger partial charge on any atom is -0.444 e. The summed E-state index contributed by atoms with van der Waals surface area (Å²) < 4.78 is 47.8. The van der Waals surface area contributed by atoms with Crippen LogP contribution in [0.25, 0.3) is 0 Å². The summed E-state index contributed by atoms with van der Waals surface area (Å²) in [6.45, 7) is 6.74. The van der Waals surface area contributed by atoms with E-state index in [1.165, 1.54) is 0 Å². The molecule has 3 fully saturated rings. The van der Waals surface area contributed by atoms with Crippen LogP contribution in [0.4, 0.5) is 18.0 Å². The second-order valence-corrected chi connectivity index (χ2v) is 9.22. The Balaban J connectivity index is 1.41. The molecule has 2 atom stereocenters. The van der Waals surface area contributed by atoms with Crippen molar-refractivity contribution < 1.29 is 22.7 Å². The minimum atomic E-state index is -4.25. The van der Waals surface area contributed by atoms with Gasteiger partial charge < -0.3 is 15.0 Å². The Morgan fingerprint density at radius 2 is 1.93 bits per heavy atom. The van der Waals surface area contributed by atoms with E-state index in [0.29, 0.717) is 31.6 Å². The highest BCUT2D eigenvalue weighted by Gasteiger charge is 2.83. The van der Waals surface area contributed by atoms with Crippen LogP contribution in [-0.4, -0.2) is 63.9 Å². The Morgan fingerprint density at radius 1 is 1.25 bits per heavy atom. The SMILES string of the molecule is CC(C)(C)OC(=O)N1CCC(n2cc([C@]34CNC[C@@]3(C(F)(F)F)C4)nn2)CC1. The molecule has 2 aliphatic heterocycles. The first-order chi connectivity index (χ1) is 13.0. The first-order valence-electron chi connectivity index (χ1n) is 9.65. The summed E-state index contributed by atoms with van der Waals surface area (Å²) in [6.07, 6.45) is -1.51. The Labute approximate surface area is 161 Å². The van der Waals surface area contributed by atoms with Gasteiger partial charge in [-0.05, 0) is 40.0 Å². The molecule has 28 heavy (non-hydrogen) atoms. The van der Waals surface area contributed by atoms with Crippen LogP contribution in [0.5, 0.6) is 0 Å². The number of alkyl halides is 3. The number of halogens is 3. The lowest BCUT2D eigenvalue weighted by atomic mass is 9.93. The number of ether oxygens (including phenoxy) is 1. The van der Waals surface area contributed by atoms with Crippen molar-refractivity contribution >= 4 is 6.09 Å². The molecule has 156 valence electrons. The van der Waals surface area contributed by atoms with Crippen LogP contribution in [0, 0.1) is 5.41 Å². The molecular formula is C18H26F3N5O2. The van der Waals surface area contributed by atoms with Crippen LogP contribution in [0.1, 0.15) is 51.8 Å². The zero-order chi connectivity index (χ0) is 20.4. The van der Waals surface area contributed by atoms with Gasteiger partial charge in [0, 0.05) is 37.8 Å². The van der Waals surface area contributed by atoms with Crippen molar-refractivity contribution in [1.29, 1.82) is 0 Å². The van der Waals surface area contributed by atoms with Crippen molar-refractivity contribution in [2.45, 2.75) is 63.3 Å². The molecule has 1 aliphatic carbocycles. The van der Waals surface area contributed by atoms with Crippen LogP contribution < -0.4 is 5.32 Å². The molecule has 1 saturated carbocycles. The first-order valence-corrected chi connectivity index (χ1v) is 9.65. The summed E-state index contributed by atoms with van der Waals surface area (Å²) in [5.74, 6) is 0. The van der Waals surface area contributed by atoms with Crippen molar-refractivity contribution in [3.05, 3.63) is 11.9 Å². The number of nitrogens with one attached hydrogen (secondary N) is 1. The maximum absolute atomic E-state index is 13.6. The summed E-state index contributed by atoms with van der Waals surface area (Å²) >= 11 is 0. The quantitative estimate of drug-likeness (QED) is 0.825. The number of hydrogen-bond acceptors (Lipinski definition) is 5. The highest BCUT2D eigenvalue weighted by atomic mass is 19.4. The Kier molecular flexibility index (Phi) is 4.23. The number of fused-ring (bicyclic) bond motifs is 1. The van der Waals surface area contributed by atoms with E-state index >= 15 is 0 Å². The van der Waals surface area contributed by atoms with E-state index in [1.807, 2.05) is 20.8 Å². The van der Waals surface area contributed by atoms with Gasteiger partial charge in [0.05, 0.1) is 17.2 Å². The van der Waals surface area contributed by atoms with Crippen molar-refractivity contribution in [2.24, 2.45) is 5.41 Å². The number of amides is 1. The molecule has 0 aromatic carbocycles. The molecule has 0 unspecified atom stereocenters. The number of carbonyl (C=O) groups is 1. The zero-order valence-corrected chi connectivity index (χ0v) is 16.3. The molecule has 1 aromatic rings. The van der Waals surface area contributed by atoms with E-state index in [0.717, 1.165) is 0 Å². The lowest BCUT2D eigenvalue weighted by Gasteiger charge is -2.33. The lowest BCUT2D eigenvalue weighted by Crippen LogP contribution is -2.42. The van der Waals surface area contributed by atoms with Gasteiger partial charge in [0.15, 0.2) is 0 Å². The second kappa shape index (κ2) is 6.08. The number of rotatable bonds is 2. The van der Waals surface area contributed by atoms with Crippen LogP contribution in [-0.2, 0) is 10.2 Å². The predicted octanol–water partition coefficient (Wildman–Crippen LogP) is 2.64. The van der Waals surface area contributed by atoms with Gasteiger partial charge >= 0.3 is 12.3 Å². The average molecular weight is 401 g/mol. The molecule has 2 saturated heterocycles. The summed E-state index contributed by atoms with van der Waals surface area (Å²) in [5, 5.41) is 11.1. The normalized spacial score (nSPS) is 31.0. The van der Waals surface area contributed by atoms with Gasteiger partial charge in [0.2, 0.25) is 0 Å². The lowest BCUT2D eigenvalue weighted by molar-refractivity contribution is -0.187. The highest BCUT2D eigenvalue weighted by Crippen LogP contribution is 2.72. The van der Waals surface area contributed by atoms with Gasteiger partial charge in [0.1, 0.15) is 5.60 Å². The van der Waals surface area contributed by atoms with Crippen molar-refractivity contribution in [3.63, 3.8) is 0 Å². The van der Waals surface area contributed by atoms with E-state index in [4.69, 9.17) is 4.74 Å². The molecule has 0 bridgehead atoms. The van der Waals surface area contributed by atoms with E-state index in [2.05, 4.69) is 15.6 Å². The second-order valence-electron chi connectivity index (χ2n) is 9.22. The molecule has 10 heteroatoms. The van der Waals surface area contributed by atoms with Gasteiger partial charge in [-0.25, -0.2) is 9.48 Å². The van der Waals surface area contributed by atoms with Crippen LogP contribution in [0.15, 0.2) is 6.20 Å². The third-order valence-corrected chi connectivity index (χ3v) is 6.28. The van der Waals surface area contributed by atoms with Crippen LogP contribution in [0.3, 0.4) is 0 Å². The maximum Gasteiger partial charge on any atom is 0.410 e. The fraction of sp³-hybridized carbons (Fsp3) is 0.833. The van der Waals surface area contributed by atoms with Gasteiger partial charge in [0.25, 0.3) is 0 Å². The maximum atomic E-state index is 13.6. The fourth-order valence-corrected chi connectivity index (χ4v) is 4.64. The number of nitrogens with zero attached hydrogens (tertiary/aromatic N) is 4. The van der Waals surface area contributed by atoms with Gasteiger partial charge in [-0.1, -0.05) is 5.21 Å². The molecule has 4 rings (SSSR count). The molecule has 1 N–H and O–H groups in total. The van der Waals surface area contributed by atoms with Gasteiger partial charge in [-0.15, -0.1) is 5.10 Å². The molecular weight excluding hydrogens is 375 g/mol. The van der Waals surface area contributed by atoms with E-state index < -0.39 is 22.6 Å². The number of aromatic nitrogens is 3. The van der Waals surface area contributed by atoms with Gasteiger partial charge in [-0.3, -0.25) is 0 Å². The largest absolute Gasteiger partial charge is 0.444 e. The summed E-state index contributed by atoms with van der Waals surface area (Å²) in [7, 11) is 0. The molecule has 3 heterocycles. The molecule has 3 aliphatic rings. The molecule has 1 amide bonds. The Morgan fingerprint density at radius 3 is 2.50 bits per heavy atom. The predicted molar refractivity (Wildman–Crippen MR) is 93.8 cm³/mol. The molecule has 0 spiro atoms.